The third-order valence-corrected chi connectivity index (χ3v) is 3.69. The Morgan fingerprint density at radius 3 is 2.90 bits per heavy atom. The van der Waals surface area contributed by atoms with Gasteiger partial charge in [0.25, 0.3) is 0 Å². The van der Waals surface area contributed by atoms with Crippen molar-refractivity contribution in [3.05, 3.63) is 29.8 Å². The maximum Gasteiger partial charge on any atom is 0.240 e. The first-order valence-electron chi connectivity index (χ1n) is 6.95. The third-order valence-electron chi connectivity index (χ3n) is 3.69. The van der Waals surface area contributed by atoms with Gasteiger partial charge in [0.1, 0.15) is 17.8 Å². The van der Waals surface area contributed by atoms with Crippen molar-refractivity contribution >= 4 is 5.91 Å². The number of nitriles is 1. The summed E-state index contributed by atoms with van der Waals surface area (Å²) >= 11 is 0. The number of benzene rings is 1. The number of nitrogens with one attached hydrogen (secondary N) is 1. The molecular formula is C16H20N2O2. The number of hydrogen-bond acceptors (Lipinski definition) is 3. The van der Waals surface area contributed by atoms with Crippen LogP contribution in [-0.2, 0) is 4.79 Å². The maximum atomic E-state index is 12.0. The van der Waals surface area contributed by atoms with Gasteiger partial charge in [-0.1, -0.05) is 19.1 Å². The van der Waals surface area contributed by atoms with Crippen LogP contribution >= 0.6 is 0 Å². The summed E-state index contributed by atoms with van der Waals surface area (Å²) in [6.07, 6.45) is 1.32. The highest BCUT2D eigenvalue weighted by Gasteiger charge is 2.48. The lowest BCUT2D eigenvalue weighted by atomic mass is 9.63. The number of carbonyl (C=O) groups is 1. The lowest BCUT2D eigenvalue weighted by Gasteiger charge is -2.39. The number of carbonyl (C=O) groups excluding carboxylic acids is 1. The zero-order valence-corrected chi connectivity index (χ0v) is 12.0. The van der Waals surface area contributed by atoms with Crippen LogP contribution in [0.4, 0.5) is 0 Å². The van der Waals surface area contributed by atoms with Gasteiger partial charge >= 0.3 is 0 Å². The molecule has 1 aliphatic rings. The Labute approximate surface area is 119 Å². The molecule has 1 saturated carbocycles. The minimum atomic E-state index is -0.803. The topological polar surface area (TPSA) is 62.1 Å². The van der Waals surface area contributed by atoms with Crippen LogP contribution in [0.5, 0.6) is 5.75 Å². The van der Waals surface area contributed by atoms with Gasteiger partial charge in [-0.2, -0.15) is 5.26 Å². The summed E-state index contributed by atoms with van der Waals surface area (Å²) < 4.78 is 5.56. The van der Waals surface area contributed by atoms with Crippen molar-refractivity contribution in [2.45, 2.75) is 26.7 Å². The molecule has 1 amide bonds. The van der Waals surface area contributed by atoms with E-state index in [2.05, 4.69) is 18.3 Å². The van der Waals surface area contributed by atoms with Crippen LogP contribution in [0.1, 0.15) is 25.3 Å². The van der Waals surface area contributed by atoms with Crippen LogP contribution in [0.15, 0.2) is 24.3 Å². The Morgan fingerprint density at radius 2 is 2.30 bits per heavy atom. The predicted molar refractivity (Wildman–Crippen MR) is 76.1 cm³/mol. The predicted octanol–water partition coefficient (Wildman–Crippen LogP) is 2.43. The van der Waals surface area contributed by atoms with Gasteiger partial charge in [0, 0.05) is 0 Å². The normalized spacial score (nSPS) is 24.4. The molecule has 106 valence electrons. The highest BCUT2D eigenvalue weighted by atomic mass is 16.5. The first-order valence-corrected chi connectivity index (χ1v) is 6.95. The van der Waals surface area contributed by atoms with Crippen LogP contribution < -0.4 is 10.1 Å². The number of aryl methyl sites for hydroxylation is 1. The largest absolute Gasteiger partial charge is 0.492 e. The van der Waals surface area contributed by atoms with E-state index in [0.717, 1.165) is 11.3 Å². The van der Waals surface area contributed by atoms with Gasteiger partial charge in [0.15, 0.2) is 0 Å². The SMILES string of the molecule is Cc1cccc(OCCNC(=O)C2(C#N)CC(C)C2)c1. The van der Waals surface area contributed by atoms with E-state index in [1.54, 1.807) is 0 Å². The Morgan fingerprint density at radius 1 is 1.55 bits per heavy atom. The molecule has 1 aromatic rings. The van der Waals surface area contributed by atoms with E-state index in [-0.39, 0.29) is 5.91 Å². The minimum absolute atomic E-state index is 0.161. The van der Waals surface area contributed by atoms with Gasteiger partial charge in [0.05, 0.1) is 12.6 Å². The molecule has 0 aromatic heterocycles. The molecule has 1 aliphatic carbocycles. The summed E-state index contributed by atoms with van der Waals surface area (Å²) in [5.74, 6) is 1.10. The lowest BCUT2D eigenvalue weighted by molar-refractivity contribution is -0.134. The lowest BCUT2D eigenvalue weighted by Crippen LogP contribution is -2.48. The highest BCUT2D eigenvalue weighted by molar-refractivity contribution is 5.86. The molecule has 1 fully saturated rings. The number of rotatable bonds is 5. The van der Waals surface area contributed by atoms with Gasteiger partial charge in [-0.3, -0.25) is 4.79 Å². The smallest absolute Gasteiger partial charge is 0.240 e. The molecule has 20 heavy (non-hydrogen) atoms. The average molecular weight is 272 g/mol. The van der Waals surface area contributed by atoms with Crippen molar-refractivity contribution in [2.24, 2.45) is 11.3 Å². The second kappa shape index (κ2) is 5.96. The van der Waals surface area contributed by atoms with Crippen LogP contribution in [0.25, 0.3) is 0 Å². The quantitative estimate of drug-likeness (QED) is 0.837. The summed E-state index contributed by atoms with van der Waals surface area (Å²) in [6.45, 7) is 4.89. The molecule has 0 spiro atoms. The average Bonchev–Trinajstić information content (AvgIpc) is 2.39. The molecule has 0 radical (unpaired) electrons. The standard InChI is InChI=1S/C16H20N2O2/c1-12-4-3-5-14(8-12)20-7-6-18-15(19)16(11-17)9-13(2)10-16/h3-5,8,13H,6-7,9-10H2,1-2H3,(H,18,19). The van der Waals surface area contributed by atoms with Gasteiger partial charge in [-0.25, -0.2) is 0 Å². The van der Waals surface area contributed by atoms with Crippen molar-refractivity contribution in [1.82, 2.24) is 5.32 Å². The molecule has 0 aliphatic heterocycles. The first-order chi connectivity index (χ1) is 9.55. The molecule has 4 heteroatoms. The summed E-state index contributed by atoms with van der Waals surface area (Å²) in [5.41, 5.74) is 0.335. The van der Waals surface area contributed by atoms with Crippen LogP contribution in [0.2, 0.25) is 0 Å². The van der Waals surface area contributed by atoms with Crippen LogP contribution in [0.3, 0.4) is 0 Å². The molecule has 2 rings (SSSR count). The third kappa shape index (κ3) is 3.11. The van der Waals surface area contributed by atoms with Crippen molar-refractivity contribution in [2.75, 3.05) is 13.2 Å². The molecule has 1 aromatic carbocycles. The monoisotopic (exact) mass is 272 g/mol. The van der Waals surface area contributed by atoms with Crippen molar-refractivity contribution in [3.8, 4) is 11.8 Å². The fraction of sp³-hybridized carbons (Fsp3) is 0.500. The van der Waals surface area contributed by atoms with E-state index in [4.69, 9.17) is 10.00 Å². The fourth-order valence-corrected chi connectivity index (χ4v) is 2.67. The second-order valence-electron chi connectivity index (χ2n) is 5.63. The van der Waals surface area contributed by atoms with Crippen molar-refractivity contribution in [1.29, 1.82) is 5.26 Å². The highest BCUT2D eigenvalue weighted by Crippen LogP contribution is 2.44. The van der Waals surface area contributed by atoms with E-state index in [0.29, 0.717) is 31.9 Å². The Kier molecular flexibility index (Phi) is 4.29. The van der Waals surface area contributed by atoms with Crippen LogP contribution in [0, 0.1) is 29.6 Å². The Hall–Kier alpha value is -2.02. The van der Waals surface area contributed by atoms with Gasteiger partial charge in [-0.15, -0.1) is 0 Å². The summed E-state index contributed by atoms with van der Waals surface area (Å²) in [7, 11) is 0. The number of amides is 1. The summed E-state index contributed by atoms with van der Waals surface area (Å²) in [6, 6.07) is 9.93. The van der Waals surface area contributed by atoms with Gasteiger partial charge in [-0.05, 0) is 43.4 Å². The first kappa shape index (κ1) is 14.4. The van der Waals surface area contributed by atoms with Crippen LogP contribution in [-0.4, -0.2) is 19.1 Å². The molecule has 0 saturated heterocycles. The second-order valence-corrected chi connectivity index (χ2v) is 5.63. The van der Waals surface area contributed by atoms with E-state index in [9.17, 15) is 4.79 Å². The van der Waals surface area contributed by atoms with Gasteiger partial charge in [0.2, 0.25) is 5.91 Å². The van der Waals surface area contributed by atoms with E-state index in [1.807, 2.05) is 31.2 Å². The van der Waals surface area contributed by atoms with E-state index in [1.165, 1.54) is 0 Å². The van der Waals surface area contributed by atoms with E-state index >= 15 is 0 Å². The van der Waals surface area contributed by atoms with Crippen molar-refractivity contribution < 1.29 is 9.53 Å². The van der Waals surface area contributed by atoms with Crippen molar-refractivity contribution in [3.63, 3.8) is 0 Å². The number of ether oxygens (including phenoxy) is 1. The number of nitrogens with zero attached hydrogens (tertiary/aromatic N) is 1. The van der Waals surface area contributed by atoms with E-state index < -0.39 is 5.41 Å². The summed E-state index contributed by atoms with van der Waals surface area (Å²) in [5, 5.41) is 11.9. The molecule has 0 unspecified atom stereocenters. The molecule has 1 N–H and O–H groups in total. The number of hydrogen-bond donors (Lipinski definition) is 1. The summed E-state index contributed by atoms with van der Waals surface area (Å²) in [4.78, 5) is 12.0. The Bertz CT molecular complexity index is 528. The molecule has 0 heterocycles. The minimum Gasteiger partial charge on any atom is -0.492 e. The molecular weight excluding hydrogens is 252 g/mol. The zero-order chi connectivity index (χ0) is 14.6. The van der Waals surface area contributed by atoms with Gasteiger partial charge < -0.3 is 10.1 Å². The fourth-order valence-electron chi connectivity index (χ4n) is 2.67. The molecule has 4 nitrogen and oxygen atoms in total. The zero-order valence-electron chi connectivity index (χ0n) is 12.0. The molecule has 0 bridgehead atoms. The maximum absolute atomic E-state index is 12.0. The Balaban J connectivity index is 1.74. The molecule has 0 atom stereocenters.